The molecule has 6 fully saturated rings. The fourth-order valence-corrected chi connectivity index (χ4v) is 20.7. The summed E-state index contributed by atoms with van der Waals surface area (Å²) in [5.74, 6) is -5.26. The predicted octanol–water partition coefficient (Wildman–Crippen LogP) is 12.6. The third-order valence-electron chi connectivity index (χ3n) is 23.5. The molecule has 3 aromatic rings. The molecule has 0 spiro atoms. The number of benzene rings is 3. The van der Waals surface area contributed by atoms with Crippen LogP contribution in [0.3, 0.4) is 0 Å². The summed E-state index contributed by atoms with van der Waals surface area (Å²) in [5, 5.41) is 30.5. The number of aliphatic hydroxyl groups excluding tert-OH is 1. The summed E-state index contributed by atoms with van der Waals surface area (Å²) in [7, 11) is -4.93. The average Bonchev–Trinajstić information content (AvgIpc) is 0.669. The number of amides is 1. The van der Waals surface area contributed by atoms with Crippen molar-refractivity contribution in [2.75, 3.05) is 6.61 Å². The van der Waals surface area contributed by atoms with E-state index in [-0.39, 0.29) is 83.0 Å². The highest BCUT2D eigenvalue weighted by Crippen LogP contribution is 2.65. The SMILES string of the molecule is CC(=O)O[C@H]1C(=O)[C@@]2(C)[C@H]([C@H](OC(=O)c3ccccc3)[C@]3(O)C[C@H](OC(=O)[C@H](O[Si](OC4CC(C)CCC4C(C)C)(OC4CC(C)CCC4C(C)C)OC4CC(C)CCC4C(C)C)[C@@H](NC(=O)c4ccccc4)c4ccccc4)C(C)=C1C3(C)C)[C@]1(OC(C)=O)CO[C@@H]1C[C@@H]2O. The molecule has 0 aromatic heterocycles. The number of Topliss-reactive ketones (excluding diaryl/α,β-unsaturated/α-hetero) is 1. The van der Waals surface area contributed by atoms with Crippen molar-refractivity contribution in [1.29, 1.82) is 0 Å². The molecule has 1 heterocycles. The first kappa shape index (κ1) is 73.1. The number of hydrogen-bond donors (Lipinski definition) is 3. The molecule has 19 heteroatoms. The number of nitrogens with one attached hydrogen (secondary N) is 1. The smallest absolute Gasteiger partial charge is 0.456 e. The lowest BCUT2D eigenvalue weighted by molar-refractivity contribution is -0.346. The van der Waals surface area contributed by atoms with Gasteiger partial charge < -0.3 is 56.9 Å². The van der Waals surface area contributed by atoms with Gasteiger partial charge in [-0.2, -0.15) is 0 Å². The minimum atomic E-state index is -4.93. The van der Waals surface area contributed by atoms with Crippen LogP contribution in [0.1, 0.15) is 207 Å². The topological polar surface area (TPSA) is 238 Å². The fourth-order valence-electron chi connectivity index (χ4n) is 17.9. The summed E-state index contributed by atoms with van der Waals surface area (Å²) >= 11 is 0. The standard InChI is InChI=1S/C77H107NO17Si/c1-43(2)55-34-31-46(7)37-58(55)92-96(93-59-38-47(8)32-35-56(59)44(3)4,94-60-39-48(9)33-36-57(60)45(5)6)95-67(65(52-25-19-16-20-26-52)78-71(83)53-27-21-17-22-28-53)73(85)89-61-41-77(86)70(90-72(84)54-29-23-18-24-30-54)68-75(15,62(81)40-63-76(68,42-87-63)91-51(12)80)69(82)66(88-50(11)79)64(49(61)10)74(77,13)14/h16-30,43-48,55-63,65-68,70,81,86H,31-42H2,1-15H3,(H,78,83)/t46?,47?,48?,55?,56?,57?,58?,59?,60?,61-,62-,63+,65-,66+,67+,68-,70-,75+,76-,77+,96?/m0/s1. The second-order valence-corrected chi connectivity index (χ2v) is 33.3. The van der Waals surface area contributed by atoms with Gasteiger partial charge in [0, 0.05) is 37.7 Å². The molecule has 6 aliphatic carbocycles. The van der Waals surface area contributed by atoms with Gasteiger partial charge in [-0.1, -0.05) is 162 Å². The lowest BCUT2D eigenvalue weighted by Crippen LogP contribution is -2.82. The van der Waals surface area contributed by atoms with E-state index in [1.807, 2.05) is 6.07 Å². The van der Waals surface area contributed by atoms with Crippen LogP contribution in [0.15, 0.2) is 102 Å². The highest BCUT2D eigenvalue weighted by molar-refractivity contribution is 6.54. The van der Waals surface area contributed by atoms with E-state index >= 15 is 19.2 Å². The molecule has 5 saturated carbocycles. The molecular formula is C77H107NO17Si. The Balaban J connectivity index is 1.22. The number of fused-ring (bicyclic) bond motifs is 5. The van der Waals surface area contributed by atoms with Gasteiger partial charge in [-0.05, 0) is 147 Å². The fraction of sp³-hybridized carbons (Fsp3) is 0.662. The Morgan fingerprint density at radius 1 is 0.635 bits per heavy atom. The van der Waals surface area contributed by atoms with Crippen LogP contribution in [0.2, 0.25) is 0 Å². The number of rotatable bonds is 21. The first-order valence-electron chi connectivity index (χ1n) is 35.6. The quantitative estimate of drug-likeness (QED) is 0.0389. The average molecular weight is 1350 g/mol. The molecule has 0 radical (unpaired) electrons. The number of ether oxygens (including phenoxy) is 5. The molecule has 20 atom stereocenters. The van der Waals surface area contributed by atoms with Crippen LogP contribution in [0, 0.1) is 70.0 Å². The summed E-state index contributed by atoms with van der Waals surface area (Å²) in [6.07, 6.45) is -4.51. The van der Waals surface area contributed by atoms with Crippen LogP contribution >= 0.6 is 0 Å². The van der Waals surface area contributed by atoms with Gasteiger partial charge >= 0.3 is 32.9 Å². The highest BCUT2D eigenvalue weighted by Gasteiger charge is 2.78. The summed E-state index contributed by atoms with van der Waals surface area (Å²) in [5.41, 5.74) is -7.11. The number of carbonyl (C=O) groups is 6. The summed E-state index contributed by atoms with van der Waals surface area (Å²) in [6, 6.07) is 24.4. The Morgan fingerprint density at radius 2 is 1.11 bits per heavy atom. The molecule has 3 N–H and O–H groups in total. The molecule has 3 aromatic carbocycles. The Hall–Kier alpha value is -5.64. The largest absolute Gasteiger partial charge is 0.681 e. The van der Waals surface area contributed by atoms with E-state index in [4.69, 9.17) is 41.4 Å². The van der Waals surface area contributed by atoms with Crippen LogP contribution in [-0.2, 0) is 60.6 Å². The second-order valence-electron chi connectivity index (χ2n) is 31.4. The van der Waals surface area contributed by atoms with Crippen LogP contribution in [-0.4, -0.2) is 128 Å². The number of carbonyl (C=O) groups excluding carboxylic acids is 6. The monoisotopic (exact) mass is 1350 g/mol. The van der Waals surface area contributed by atoms with Crippen molar-refractivity contribution in [3.8, 4) is 0 Å². The molecule has 9 unspecified atom stereocenters. The molecule has 1 saturated heterocycles. The van der Waals surface area contributed by atoms with Gasteiger partial charge in [-0.25, -0.2) is 9.59 Å². The zero-order valence-corrected chi connectivity index (χ0v) is 60.2. The summed E-state index contributed by atoms with van der Waals surface area (Å²) in [6.45, 7) is 28.3. The summed E-state index contributed by atoms with van der Waals surface area (Å²) in [4.78, 5) is 91.0. The van der Waals surface area contributed by atoms with E-state index in [2.05, 4.69) is 67.6 Å². The number of esters is 4. The van der Waals surface area contributed by atoms with Gasteiger partial charge in [0.2, 0.25) is 0 Å². The van der Waals surface area contributed by atoms with Crippen LogP contribution < -0.4 is 5.32 Å². The lowest BCUT2D eigenvalue weighted by Gasteiger charge is -2.67. The minimum Gasteiger partial charge on any atom is -0.456 e. The van der Waals surface area contributed by atoms with Gasteiger partial charge in [0.1, 0.15) is 23.9 Å². The van der Waals surface area contributed by atoms with Crippen LogP contribution in [0.4, 0.5) is 0 Å². The maximum Gasteiger partial charge on any atom is 0.681 e. The summed E-state index contributed by atoms with van der Waals surface area (Å²) < 4.78 is 64.3. The highest BCUT2D eigenvalue weighted by atomic mass is 28.4. The Labute approximate surface area is 569 Å². The zero-order valence-electron chi connectivity index (χ0n) is 59.2. The van der Waals surface area contributed by atoms with Crippen molar-refractivity contribution in [1.82, 2.24) is 5.32 Å². The molecule has 18 nitrogen and oxygen atoms in total. The molecule has 1 amide bonds. The van der Waals surface area contributed by atoms with Gasteiger partial charge in [-0.15, -0.1) is 0 Å². The van der Waals surface area contributed by atoms with E-state index in [1.54, 1.807) is 93.6 Å². The van der Waals surface area contributed by atoms with Crippen molar-refractivity contribution < 1.29 is 80.4 Å². The normalized spacial score (nSPS) is 35.5. The molecule has 10 rings (SSSR count). The molecule has 526 valence electrons. The maximum atomic E-state index is 17.1. The van der Waals surface area contributed by atoms with Crippen molar-refractivity contribution in [3.63, 3.8) is 0 Å². The number of ketones is 1. The van der Waals surface area contributed by atoms with E-state index in [1.165, 1.54) is 26.0 Å². The van der Waals surface area contributed by atoms with Crippen molar-refractivity contribution in [2.24, 2.45) is 70.0 Å². The molecule has 7 aliphatic rings. The van der Waals surface area contributed by atoms with Crippen LogP contribution in [0.25, 0.3) is 0 Å². The van der Waals surface area contributed by atoms with Crippen LogP contribution in [0.5, 0.6) is 0 Å². The van der Waals surface area contributed by atoms with Gasteiger partial charge in [0.25, 0.3) is 5.91 Å². The Kier molecular flexibility index (Phi) is 22.3. The minimum absolute atomic E-state index is 0.0204. The Morgan fingerprint density at radius 3 is 1.56 bits per heavy atom. The van der Waals surface area contributed by atoms with E-state index in [9.17, 15) is 19.8 Å². The molecule has 96 heavy (non-hydrogen) atoms. The van der Waals surface area contributed by atoms with Gasteiger partial charge in [-0.3, -0.25) is 19.2 Å². The molecule has 2 bridgehead atoms. The first-order chi connectivity index (χ1) is 45.3. The number of aliphatic hydroxyl groups is 2. The van der Waals surface area contributed by atoms with Crippen molar-refractivity contribution >= 4 is 44.6 Å². The van der Waals surface area contributed by atoms with Crippen molar-refractivity contribution in [2.45, 2.75) is 247 Å². The third-order valence-corrected chi connectivity index (χ3v) is 25.8. The van der Waals surface area contributed by atoms with E-state index in [0.29, 0.717) is 30.4 Å². The third kappa shape index (κ3) is 14.4. The second kappa shape index (κ2) is 29.3. The lowest BCUT2D eigenvalue weighted by atomic mass is 9.44. The van der Waals surface area contributed by atoms with E-state index in [0.717, 1.165) is 45.4 Å². The Bertz CT molecular complexity index is 3200. The number of hydrogen-bond acceptors (Lipinski definition) is 17. The maximum absolute atomic E-state index is 17.1. The molecule has 1 aliphatic heterocycles. The predicted molar refractivity (Wildman–Crippen MR) is 361 cm³/mol. The van der Waals surface area contributed by atoms with Gasteiger partial charge in [0.15, 0.2) is 23.6 Å². The molecular weight excluding hydrogens is 1240 g/mol. The first-order valence-corrected chi connectivity index (χ1v) is 37.2. The van der Waals surface area contributed by atoms with Crippen molar-refractivity contribution in [3.05, 3.63) is 119 Å². The van der Waals surface area contributed by atoms with Gasteiger partial charge in [0.05, 0.1) is 54.0 Å². The zero-order chi connectivity index (χ0) is 69.6. The van der Waals surface area contributed by atoms with E-state index < -0.39 is 140 Å².